The Morgan fingerprint density at radius 1 is 1.50 bits per heavy atom. The monoisotopic (exact) mass is 253 g/mol. The van der Waals surface area contributed by atoms with Gasteiger partial charge in [0.15, 0.2) is 10.9 Å². The number of thiazole rings is 2. The number of anilines is 1. The SMILES string of the molecule is CC(=O)c1csc(N(C)Cc2cscn2)n1. The summed E-state index contributed by atoms with van der Waals surface area (Å²) in [6.07, 6.45) is 0. The van der Waals surface area contributed by atoms with Gasteiger partial charge < -0.3 is 4.90 Å². The summed E-state index contributed by atoms with van der Waals surface area (Å²) >= 11 is 3.06. The third kappa shape index (κ3) is 2.45. The number of nitrogens with zero attached hydrogens (tertiary/aromatic N) is 3. The van der Waals surface area contributed by atoms with Crippen molar-refractivity contribution in [1.82, 2.24) is 9.97 Å². The second kappa shape index (κ2) is 4.71. The molecule has 6 heteroatoms. The Kier molecular flexibility index (Phi) is 3.31. The van der Waals surface area contributed by atoms with E-state index in [4.69, 9.17) is 0 Å². The van der Waals surface area contributed by atoms with Gasteiger partial charge in [-0.1, -0.05) is 0 Å². The third-order valence-corrected chi connectivity index (χ3v) is 3.65. The summed E-state index contributed by atoms with van der Waals surface area (Å²) in [6, 6.07) is 0. The first-order valence-corrected chi connectivity index (χ1v) is 6.53. The van der Waals surface area contributed by atoms with Crippen LogP contribution in [0.2, 0.25) is 0 Å². The average Bonchev–Trinajstić information content (AvgIpc) is 2.86. The van der Waals surface area contributed by atoms with Gasteiger partial charge in [-0.15, -0.1) is 22.7 Å². The predicted octanol–water partition coefficient (Wildman–Crippen LogP) is 2.44. The minimum absolute atomic E-state index is 0.00422. The van der Waals surface area contributed by atoms with Crippen molar-refractivity contribution in [1.29, 1.82) is 0 Å². The van der Waals surface area contributed by atoms with Crippen molar-refractivity contribution < 1.29 is 4.79 Å². The van der Waals surface area contributed by atoms with Gasteiger partial charge >= 0.3 is 0 Å². The van der Waals surface area contributed by atoms with E-state index in [0.29, 0.717) is 12.2 Å². The van der Waals surface area contributed by atoms with Crippen molar-refractivity contribution in [2.24, 2.45) is 0 Å². The molecule has 0 bridgehead atoms. The summed E-state index contributed by atoms with van der Waals surface area (Å²) in [6.45, 7) is 2.24. The largest absolute Gasteiger partial charge is 0.345 e. The Balaban J connectivity index is 2.08. The summed E-state index contributed by atoms with van der Waals surface area (Å²) in [5.41, 5.74) is 3.36. The number of hydrogen-bond donors (Lipinski definition) is 0. The minimum Gasteiger partial charge on any atom is -0.345 e. The first-order chi connectivity index (χ1) is 7.66. The standard InChI is InChI=1S/C10H11N3OS2/c1-7(14)9-5-16-10(12-9)13(2)3-8-4-15-6-11-8/h4-6H,3H2,1-2H3. The molecule has 0 radical (unpaired) electrons. The maximum absolute atomic E-state index is 11.1. The van der Waals surface area contributed by atoms with Gasteiger partial charge in [0.1, 0.15) is 5.69 Å². The molecular formula is C10H11N3OS2. The van der Waals surface area contributed by atoms with Gasteiger partial charge in [0.2, 0.25) is 0 Å². The molecule has 0 aromatic carbocycles. The third-order valence-electron chi connectivity index (χ3n) is 2.06. The summed E-state index contributed by atoms with van der Waals surface area (Å²) in [5, 5.41) is 4.64. The van der Waals surface area contributed by atoms with Crippen molar-refractivity contribution in [3.05, 3.63) is 27.7 Å². The molecule has 0 aliphatic carbocycles. The summed E-state index contributed by atoms with van der Waals surface area (Å²) in [5.74, 6) is 0.00422. The normalized spacial score (nSPS) is 10.4. The van der Waals surface area contributed by atoms with E-state index >= 15 is 0 Å². The first-order valence-electron chi connectivity index (χ1n) is 4.71. The lowest BCUT2D eigenvalue weighted by molar-refractivity contribution is 0.101. The van der Waals surface area contributed by atoms with Crippen LogP contribution in [-0.4, -0.2) is 22.8 Å². The number of rotatable bonds is 4. The van der Waals surface area contributed by atoms with Crippen LogP contribution in [0.1, 0.15) is 23.1 Å². The van der Waals surface area contributed by atoms with E-state index in [1.54, 1.807) is 16.7 Å². The highest BCUT2D eigenvalue weighted by atomic mass is 32.1. The van der Waals surface area contributed by atoms with Gasteiger partial charge in [0, 0.05) is 24.7 Å². The molecule has 2 aromatic rings. The molecule has 0 aliphatic heterocycles. The van der Waals surface area contributed by atoms with E-state index in [9.17, 15) is 4.79 Å². The molecule has 2 aromatic heterocycles. The lowest BCUT2D eigenvalue weighted by atomic mass is 10.4. The Bertz CT molecular complexity index is 478. The van der Waals surface area contributed by atoms with E-state index in [-0.39, 0.29) is 5.78 Å². The average molecular weight is 253 g/mol. The van der Waals surface area contributed by atoms with Gasteiger partial charge in [-0.3, -0.25) is 4.79 Å². The molecule has 84 valence electrons. The van der Waals surface area contributed by atoms with Crippen LogP contribution in [0.3, 0.4) is 0 Å². The zero-order valence-electron chi connectivity index (χ0n) is 9.01. The van der Waals surface area contributed by atoms with Crippen molar-refractivity contribution in [3.8, 4) is 0 Å². The van der Waals surface area contributed by atoms with Crippen molar-refractivity contribution >= 4 is 33.6 Å². The molecule has 4 nitrogen and oxygen atoms in total. The number of Topliss-reactive ketones (excluding diaryl/α,β-unsaturated/α-hetero) is 1. The van der Waals surface area contributed by atoms with Crippen molar-refractivity contribution in [2.75, 3.05) is 11.9 Å². The van der Waals surface area contributed by atoms with Crippen molar-refractivity contribution in [3.63, 3.8) is 0 Å². The maximum atomic E-state index is 11.1. The summed E-state index contributed by atoms with van der Waals surface area (Å²) in [7, 11) is 1.95. The highest BCUT2D eigenvalue weighted by Crippen LogP contribution is 2.21. The van der Waals surface area contributed by atoms with E-state index in [2.05, 4.69) is 9.97 Å². The Labute approximate surface area is 102 Å². The number of aromatic nitrogens is 2. The van der Waals surface area contributed by atoms with Gasteiger partial charge in [-0.25, -0.2) is 9.97 Å². The van der Waals surface area contributed by atoms with Crippen LogP contribution in [0.15, 0.2) is 16.3 Å². The second-order valence-corrected chi connectivity index (χ2v) is 4.96. The highest BCUT2D eigenvalue weighted by Gasteiger charge is 2.10. The molecule has 0 atom stereocenters. The number of hydrogen-bond acceptors (Lipinski definition) is 6. The molecule has 0 saturated heterocycles. The number of carbonyl (C=O) groups excluding carboxylic acids is 1. The van der Waals surface area contributed by atoms with Gasteiger partial charge in [0.25, 0.3) is 0 Å². The Hall–Kier alpha value is -1.27. The molecule has 2 heterocycles. The van der Waals surface area contributed by atoms with Gasteiger partial charge in [-0.05, 0) is 0 Å². The quantitative estimate of drug-likeness (QED) is 0.785. The van der Waals surface area contributed by atoms with Gasteiger partial charge in [-0.2, -0.15) is 0 Å². The molecule has 2 rings (SSSR count). The Morgan fingerprint density at radius 2 is 2.31 bits per heavy atom. The lowest BCUT2D eigenvalue weighted by Crippen LogP contribution is -2.16. The molecule has 0 saturated carbocycles. The zero-order chi connectivity index (χ0) is 11.5. The van der Waals surface area contributed by atoms with E-state index in [1.165, 1.54) is 18.3 Å². The van der Waals surface area contributed by atoms with Crippen LogP contribution in [0.4, 0.5) is 5.13 Å². The topological polar surface area (TPSA) is 46.1 Å². The fourth-order valence-corrected chi connectivity index (χ4v) is 2.61. The smallest absolute Gasteiger partial charge is 0.186 e. The van der Waals surface area contributed by atoms with E-state index in [1.807, 2.05) is 22.8 Å². The van der Waals surface area contributed by atoms with Crippen LogP contribution in [0.25, 0.3) is 0 Å². The van der Waals surface area contributed by atoms with E-state index in [0.717, 1.165) is 10.8 Å². The van der Waals surface area contributed by atoms with Gasteiger partial charge in [0.05, 0.1) is 17.7 Å². The van der Waals surface area contributed by atoms with Crippen LogP contribution in [-0.2, 0) is 6.54 Å². The molecule has 0 amide bonds. The fourth-order valence-electron chi connectivity index (χ4n) is 1.23. The molecule has 0 N–H and O–H groups in total. The fraction of sp³-hybridized carbons (Fsp3) is 0.300. The molecule has 0 fully saturated rings. The van der Waals surface area contributed by atoms with Crippen LogP contribution < -0.4 is 4.90 Å². The molecule has 16 heavy (non-hydrogen) atoms. The highest BCUT2D eigenvalue weighted by molar-refractivity contribution is 7.13. The minimum atomic E-state index is 0.00422. The number of carbonyl (C=O) groups is 1. The van der Waals surface area contributed by atoms with Crippen LogP contribution in [0, 0.1) is 0 Å². The molecule has 0 unspecified atom stereocenters. The maximum Gasteiger partial charge on any atom is 0.186 e. The van der Waals surface area contributed by atoms with E-state index < -0.39 is 0 Å². The second-order valence-electron chi connectivity index (χ2n) is 3.41. The summed E-state index contributed by atoms with van der Waals surface area (Å²) in [4.78, 5) is 21.6. The Morgan fingerprint density at radius 3 is 2.88 bits per heavy atom. The summed E-state index contributed by atoms with van der Waals surface area (Å²) < 4.78 is 0. The molecule has 0 aliphatic rings. The molecular weight excluding hydrogens is 242 g/mol. The lowest BCUT2D eigenvalue weighted by Gasteiger charge is -2.13. The van der Waals surface area contributed by atoms with Crippen LogP contribution >= 0.6 is 22.7 Å². The predicted molar refractivity (Wildman–Crippen MR) is 66.3 cm³/mol. The van der Waals surface area contributed by atoms with Crippen LogP contribution in [0.5, 0.6) is 0 Å². The zero-order valence-corrected chi connectivity index (χ0v) is 10.6. The van der Waals surface area contributed by atoms with Crippen molar-refractivity contribution in [2.45, 2.75) is 13.5 Å². The number of ketones is 1. The molecule has 0 spiro atoms. The first kappa shape index (κ1) is 11.2.